The van der Waals surface area contributed by atoms with Crippen molar-refractivity contribution in [1.29, 1.82) is 0 Å². The summed E-state index contributed by atoms with van der Waals surface area (Å²) in [5.74, 6) is 2.22. The number of benzene rings is 2. The van der Waals surface area contributed by atoms with E-state index in [9.17, 15) is 4.79 Å². The molecule has 0 aliphatic carbocycles. The minimum atomic E-state index is -0.671. The molecule has 0 radical (unpaired) electrons. The molecule has 8 nitrogen and oxygen atoms in total. The lowest BCUT2D eigenvalue weighted by molar-refractivity contribution is -0.127. The van der Waals surface area contributed by atoms with Gasteiger partial charge in [-0.25, -0.2) is 0 Å². The number of aryl methyl sites for hydroxylation is 2. The van der Waals surface area contributed by atoms with Crippen molar-refractivity contribution in [2.75, 3.05) is 14.2 Å². The zero-order valence-electron chi connectivity index (χ0n) is 17.7. The molecule has 0 saturated carbocycles. The van der Waals surface area contributed by atoms with Crippen molar-refractivity contribution in [2.24, 2.45) is 0 Å². The molecule has 0 aliphatic heterocycles. The number of methoxy groups -OCH3 is 2. The second-order valence-electron chi connectivity index (χ2n) is 6.88. The first kappa shape index (κ1) is 21.2. The van der Waals surface area contributed by atoms with Crippen LogP contribution in [0.4, 0.5) is 0 Å². The lowest BCUT2D eigenvalue weighted by Crippen LogP contribution is -2.36. The first-order chi connectivity index (χ1) is 14.4. The summed E-state index contributed by atoms with van der Waals surface area (Å²) in [6.07, 6.45) is -0.671. The number of nitrogens with one attached hydrogen (secondary N) is 1. The maximum atomic E-state index is 12.4. The number of carbonyl (C=O) groups is 1. The lowest BCUT2D eigenvalue weighted by Gasteiger charge is -2.15. The van der Waals surface area contributed by atoms with Gasteiger partial charge in [-0.3, -0.25) is 4.79 Å². The normalized spacial score (nSPS) is 11.6. The fraction of sp³-hybridized carbons (Fsp3) is 0.318. The van der Waals surface area contributed by atoms with Crippen LogP contribution < -0.4 is 19.5 Å². The van der Waals surface area contributed by atoms with Crippen molar-refractivity contribution < 1.29 is 23.5 Å². The molecule has 1 N–H and O–H groups in total. The zero-order valence-corrected chi connectivity index (χ0v) is 17.7. The SMILES string of the molecule is COc1ccc(-c2noc(CNC(=O)[C@@H](C)Oc3cc(C)cc(C)c3)n2)c(OC)c1. The summed E-state index contributed by atoms with van der Waals surface area (Å²) in [5, 5.41) is 6.72. The Morgan fingerprint density at radius 1 is 1.07 bits per heavy atom. The summed E-state index contributed by atoms with van der Waals surface area (Å²) in [7, 11) is 3.13. The molecule has 0 aliphatic rings. The maximum Gasteiger partial charge on any atom is 0.261 e. The van der Waals surface area contributed by atoms with E-state index in [1.165, 1.54) is 0 Å². The molecule has 3 rings (SSSR count). The number of hydrogen-bond acceptors (Lipinski definition) is 7. The van der Waals surface area contributed by atoms with Crippen LogP contribution in [0.2, 0.25) is 0 Å². The number of aromatic nitrogens is 2. The van der Waals surface area contributed by atoms with E-state index < -0.39 is 6.10 Å². The van der Waals surface area contributed by atoms with Crippen LogP contribution in [0.3, 0.4) is 0 Å². The van der Waals surface area contributed by atoms with Crippen molar-refractivity contribution >= 4 is 5.91 Å². The van der Waals surface area contributed by atoms with Crippen molar-refractivity contribution in [2.45, 2.75) is 33.4 Å². The molecule has 0 bridgehead atoms. The minimum absolute atomic E-state index is 0.0881. The Labute approximate surface area is 175 Å². The second kappa shape index (κ2) is 9.30. The van der Waals surface area contributed by atoms with Crippen molar-refractivity contribution in [3.8, 4) is 28.6 Å². The van der Waals surface area contributed by atoms with Crippen LogP contribution in [-0.2, 0) is 11.3 Å². The number of hydrogen-bond donors (Lipinski definition) is 1. The third kappa shape index (κ3) is 5.08. The van der Waals surface area contributed by atoms with Crippen LogP contribution in [0.1, 0.15) is 23.9 Å². The van der Waals surface area contributed by atoms with Crippen LogP contribution in [0.25, 0.3) is 11.4 Å². The summed E-state index contributed by atoms with van der Waals surface area (Å²) in [6, 6.07) is 11.1. The van der Waals surface area contributed by atoms with E-state index in [0.717, 1.165) is 11.1 Å². The largest absolute Gasteiger partial charge is 0.497 e. The average molecular weight is 411 g/mol. The molecule has 2 aromatic carbocycles. The highest BCUT2D eigenvalue weighted by Gasteiger charge is 2.18. The van der Waals surface area contributed by atoms with Crippen molar-refractivity contribution in [3.05, 3.63) is 53.4 Å². The van der Waals surface area contributed by atoms with Gasteiger partial charge in [0, 0.05) is 6.07 Å². The van der Waals surface area contributed by atoms with Gasteiger partial charge in [0.1, 0.15) is 17.2 Å². The maximum absolute atomic E-state index is 12.4. The van der Waals surface area contributed by atoms with E-state index in [1.54, 1.807) is 39.3 Å². The van der Waals surface area contributed by atoms with E-state index in [-0.39, 0.29) is 18.3 Å². The summed E-state index contributed by atoms with van der Waals surface area (Å²) < 4.78 is 21.6. The van der Waals surface area contributed by atoms with Crippen LogP contribution in [0.5, 0.6) is 17.2 Å². The highest BCUT2D eigenvalue weighted by Crippen LogP contribution is 2.31. The van der Waals surface area contributed by atoms with Crippen LogP contribution in [-0.4, -0.2) is 36.4 Å². The van der Waals surface area contributed by atoms with Gasteiger partial charge in [0.2, 0.25) is 11.7 Å². The fourth-order valence-corrected chi connectivity index (χ4v) is 2.98. The zero-order chi connectivity index (χ0) is 21.7. The van der Waals surface area contributed by atoms with Gasteiger partial charge in [0.15, 0.2) is 6.10 Å². The van der Waals surface area contributed by atoms with E-state index in [0.29, 0.717) is 28.6 Å². The highest BCUT2D eigenvalue weighted by atomic mass is 16.5. The van der Waals surface area contributed by atoms with Crippen LogP contribution >= 0.6 is 0 Å². The number of ether oxygens (including phenoxy) is 3. The van der Waals surface area contributed by atoms with E-state index in [2.05, 4.69) is 15.5 Å². The molecule has 0 saturated heterocycles. The van der Waals surface area contributed by atoms with E-state index in [1.807, 2.05) is 32.0 Å². The van der Waals surface area contributed by atoms with Gasteiger partial charge in [-0.15, -0.1) is 0 Å². The monoisotopic (exact) mass is 411 g/mol. The molecule has 0 fully saturated rings. The van der Waals surface area contributed by atoms with Gasteiger partial charge in [-0.05, 0) is 56.2 Å². The minimum Gasteiger partial charge on any atom is -0.497 e. The smallest absolute Gasteiger partial charge is 0.261 e. The topological polar surface area (TPSA) is 95.7 Å². The molecular formula is C22H25N3O5. The average Bonchev–Trinajstić information content (AvgIpc) is 3.19. The van der Waals surface area contributed by atoms with Crippen LogP contribution in [0, 0.1) is 13.8 Å². The number of nitrogens with zero attached hydrogens (tertiary/aromatic N) is 2. The molecule has 8 heteroatoms. The second-order valence-corrected chi connectivity index (χ2v) is 6.88. The molecular weight excluding hydrogens is 386 g/mol. The van der Waals surface area contributed by atoms with E-state index >= 15 is 0 Å². The summed E-state index contributed by atoms with van der Waals surface area (Å²) in [4.78, 5) is 16.7. The molecule has 3 aromatic rings. The third-order valence-corrected chi connectivity index (χ3v) is 4.41. The van der Waals surface area contributed by atoms with Crippen molar-refractivity contribution in [3.63, 3.8) is 0 Å². The van der Waals surface area contributed by atoms with Gasteiger partial charge < -0.3 is 24.1 Å². The Morgan fingerprint density at radius 2 is 1.80 bits per heavy atom. The quantitative estimate of drug-likeness (QED) is 0.606. The summed E-state index contributed by atoms with van der Waals surface area (Å²) >= 11 is 0. The lowest BCUT2D eigenvalue weighted by atomic mass is 10.1. The highest BCUT2D eigenvalue weighted by molar-refractivity contribution is 5.80. The van der Waals surface area contributed by atoms with Gasteiger partial charge in [-0.2, -0.15) is 4.98 Å². The Balaban J connectivity index is 1.61. The summed E-state index contributed by atoms with van der Waals surface area (Å²) in [6.45, 7) is 5.74. The van der Waals surface area contributed by atoms with Gasteiger partial charge >= 0.3 is 0 Å². The fourth-order valence-electron chi connectivity index (χ4n) is 2.98. The molecule has 30 heavy (non-hydrogen) atoms. The van der Waals surface area contributed by atoms with Gasteiger partial charge in [0.05, 0.1) is 26.3 Å². The Kier molecular flexibility index (Phi) is 6.56. The first-order valence-corrected chi connectivity index (χ1v) is 9.47. The number of carbonyl (C=O) groups excluding carboxylic acids is 1. The third-order valence-electron chi connectivity index (χ3n) is 4.41. The number of amides is 1. The molecule has 1 heterocycles. The van der Waals surface area contributed by atoms with Crippen LogP contribution in [0.15, 0.2) is 40.9 Å². The molecule has 1 aromatic heterocycles. The summed E-state index contributed by atoms with van der Waals surface area (Å²) in [5.41, 5.74) is 2.81. The predicted octanol–water partition coefficient (Wildman–Crippen LogP) is 3.45. The molecule has 0 spiro atoms. The molecule has 1 atom stereocenters. The standard InChI is InChI=1S/C22H25N3O5/c1-13-8-14(2)10-17(9-13)29-15(3)22(26)23-12-20-24-21(25-30-20)18-7-6-16(27-4)11-19(18)28-5/h6-11,15H,12H2,1-5H3,(H,23,26)/t15-/m1/s1. The van der Waals surface area contributed by atoms with E-state index in [4.69, 9.17) is 18.7 Å². The van der Waals surface area contributed by atoms with Crippen molar-refractivity contribution in [1.82, 2.24) is 15.5 Å². The van der Waals surface area contributed by atoms with Gasteiger partial charge in [-0.1, -0.05) is 11.2 Å². The molecule has 0 unspecified atom stereocenters. The molecule has 158 valence electrons. The Bertz CT molecular complexity index is 1010. The first-order valence-electron chi connectivity index (χ1n) is 9.47. The molecule has 1 amide bonds. The number of rotatable bonds is 8. The Morgan fingerprint density at radius 3 is 2.47 bits per heavy atom. The Hall–Kier alpha value is -3.55. The predicted molar refractivity (Wildman–Crippen MR) is 111 cm³/mol. The van der Waals surface area contributed by atoms with Gasteiger partial charge in [0.25, 0.3) is 5.91 Å².